The predicted molar refractivity (Wildman–Crippen MR) is 74.4 cm³/mol. The summed E-state index contributed by atoms with van der Waals surface area (Å²) in [4.78, 5) is 23.4. The number of carbonyl (C=O) groups is 2. The third-order valence-electron chi connectivity index (χ3n) is 4.32. The molecule has 1 unspecified atom stereocenters. The second-order valence-electron chi connectivity index (χ2n) is 7.14. The number of carboxylic acid groups (broad SMARTS) is 1. The van der Waals surface area contributed by atoms with Gasteiger partial charge in [-0.3, -0.25) is 4.79 Å². The smallest absolute Gasteiger partial charge is 0.408 e. The van der Waals surface area contributed by atoms with Crippen LogP contribution in [0.25, 0.3) is 0 Å². The van der Waals surface area contributed by atoms with Crippen LogP contribution < -0.4 is 5.32 Å². The maximum absolute atomic E-state index is 12.1. The molecular weight excluding hydrogens is 258 g/mol. The van der Waals surface area contributed by atoms with E-state index in [2.05, 4.69) is 5.32 Å². The van der Waals surface area contributed by atoms with Crippen LogP contribution in [0.4, 0.5) is 4.79 Å². The molecule has 2 fully saturated rings. The van der Waals surface area contributed by atoms with Gasteiger partial charge >= 0.3 is 12.1 Å². The number of hydrogen-bond donors (Lipinski definition) is 2. The second-order valence-corrected chi connectivity index (χ2v) is 7.14. The molecule has 114 valence electrons. The maximum Gasteiger partial charge on any atom is 0.408 e. The van der Waals surface area contributed by atoms with Crippen molar-refractivity contribution in [3.05, 3.63) is 0 Å². The summed E-state index contributed by atoms with van der Waals surface area (Å²) < 4.78 is 5.33. The minimum Gasteiger partial charge on any atom is -0.481 e. The summed E-state index contributed by atoms with van der Waals surface area (Å²) >= 11 is 0. The van der Waals surface area contributed by atoms with E-state index in [9.17, 15) is 14.7 Å². The highest BCUT2D eigenvalue weighted by molar-refractivity contribution is 5.73. The van der Waals surface area contributed by atoms with Crippen LogP contribution in [0.1, 0.15) is 59.3 Å². The Balaban J connectivity index is 2.12. The molecule has 0 spiro atoms. The fraction of sp³-hybridized carbons (Fsp3) is 0.867. The van der Waals surface area contributed by atoms with Crippen molar-refractivity contribution in [2.75, 3.05) is 0 Å². The Morgan fingerprint density at radius 3 is 2.05 bits per heavy atom. The molecule has 0 bridgehead atoms. The first-order valence-corrected chi connectivity index (χ1v) is 7.46. The van der Waals surface area contributed by atoms with Crippen molar-refractivity contribution in [1.29, 1.82) is 0 Å². The van der Waals surface area contributed by atoms with Crippen molar-refractivity contribution >= 4 is 12.1 Å². The lowest BCUT2D eigenvalue weighted by Crippen LogP contribution is -2.59. The van der Waals surface area contributed by atoms with E-state index in [1.54, 1.807) is 0 Å². The molecule has 2 aliphatic carbocycles. The second kappa shape index (κ2) is 5.26. The predicted octanol–water partition coefficient (Wildman–Crippen LogP) is 2.93. The topological polar surface area (TPSA) is 75.6 Å². The van der Waals surface area contributed by atoms with Crippen molar-refractivity contribution in [1.82, 2.24) is 5.32 Å². The van der Waals surface area contributed by atoms with E-state index < -0.39 is 23.2 Å². The van der Waals surface area contributed by atoms with Crippen LogP contribution in [0.15, 0.2) is 0 Å². The first kappa shape index (κ1) is 15.1. The van der Waals surface area contributed by atoms with E-state index in [1.807, 2.05) is 20.8 Å². The van der Waals surface area contributed by atoms with Gasteiger partial charge in [0.05, 0.1) is 12.0 Å². The van der Waals surface area contributed by atoms with Gasteiger partial charge in [0.25, 0.3) is 0 Å². The van der Waals surface area contributed by atoms with Gasteiger partial charge in [0, 0.05) is 0 Å². The average molecular weight is 283 g/mol. The van der Waals surface area contributed by atoms with E-state index in [-0.39, 0.29) is 18.3 Å². The van der Waals surface area contributed by atoms with Crippen LogP contribution in [-0.2, 0) is 9.53 Å². The van der Waals surface area contributed by atoms with Crippen LogP contribution >= 0.6 is 0 Å². The number of hydrogen-bond acceptors (Lipinski definition) is 3. The summed E-state index contributed by atoms with van der Waals surface area (Å²) in [7, 11) is 0. The number of alkyl carbamates (subject to hydrolysis) is 1. The van der Waals surface area contributed by atoms with Gasteiger partial charge in [0.1, 0.15) is 5.60 Å². The molecule has 0 aliphatic heterocycles. The van der Waals surface area contributed by atoms with Crippen LogP contribution in [0.3, 0.4) is 0 Å². The molecule has 0 aromatic carbocycles. The molecule has 2 saturated carbocycles. The van der Waals surface area contributed by atoms with E-state index in [0.717, 1.165) is 32.1 Å². The number of carboxylic acids is 1. The Kier molecular flexibility index (Phi) is 3.98. The van der Waals surface area contributed by atoms with Crippen molar-refractivity contribution < 1.29 is 19.4 Å². The normalized spacial score (nSPS) is 22.6. The molecule has 0 aromatic heterocycles. The van der Waals surface area contributed by atoms with Gasteiger partial charge in [0.15, 0.2) is 0 Å². The minimum absolute atomic E-state index is 0.00156. The van der Waals surface area contributed by atoms with Gasteiger partial charge in [-0.15, -0.1) is 0 Å². The molecule has 2 aliphatic rings. The highest BCUT2D eigenvalue weighted by Gasteiger charge is 2.54. The molecule has 5 nitrogen and oxygen atoms in total. The van der Waals surface area contributed by atoms with E-state index in [1.165, 1.54) is 0 Å². The largest absolute Gasteiger partial charge is 0.481 e. The van der Waals surface area contributed by atoms with Crippen molar-refractivity contribution in [2.24, 2.45) is 11.8 Å². The maximum atomic E-state index is 12.1. The molecule has 0 aromatic rings. The molecule has 2 rings (SSSR count). The number of carbonyl (C=O) groups excluding carboxylic acids is 1. The molecule has 1 amide bonds. The van der Waals surface area contributed by atoms with Gasteiger partial charge < -0.3 is 15.2 Å². The SMILES string of the molecule is CC(C)(C)OC(=O)NC(CC(=O)O)(C1CCC1)C1CC1. The summed E-state index contributed by atoms with van der Waals surface area (Å²) in [5.74, 6) is -0.283. The molecule has 0 radical (unpaired) electrons. The minimum atomic E-state index is -0.847. The highest BCUT2D eigenvalue weighted by atomic mass is 16.6. The van der Waals surface area contributed by atoms with Crippen molar-refractivity contribution in [3.8, 4) is 0 Å². The molecule has 2 N–H and O–H groups in total. The standard InChI is InChI=1S/C15H25NO4/c1-14(2,3)20-13(19)16-15(9-12(17)18,11-7-8-11)10-5-4-6-10/h10-11H,4-9H2,1-3H3,(H,16,19)(H,17,18). The van der Waals surface area contributed by atoms with Gasteiger partial charge in [-0.2, -0.15) is 0 Å². The highest BCUT2D eigenvalue weighted by Crippen LogP contribution is 2.51. The molecule has 5 heteroatoms. The van der Waals surface area contributed by atoms with Crippen LogP contribution in [-0.4, -0.2) is 28.3 Å². The van der Waals surface area contributed by atoms with E-state index in [0.29, 0.717) is 0 Å². The summed E-state index contributed by atoms with van der Waals surface area (Å²) in [6.07, 6.45) is 4.63. The Morgan fingerprint density at radius 2 is 1.70 bits per heavy atom. The lowest BCUT2D eigenvalue weighted by atomic mass is 9.66. The summed E-state index contributed by atoms with van der Waals surface area (Å²) in [5.41, 5.74) is -1.17. The van der Waals surface area contributed by atoms with Crippen LogP contribution in [0, 0.1) is 11.8 Å². The zero-order chi connectivity index (χ0) is 15.0. The molecular formula is C15H25NO4. The first-order valence-electron chi connectivity index (χ1n) is 7.46. The van der Waals surface area contributed by atoms with Gasteiger partial charge in [-0.25, -0.2) is 4.79 Å². The number of nitrogens with one attached hydrogen (secondary N) is 1. The summed E-state index contributed by atoms with van der Waals surface area (Å²) in [6, 6.07) is 0. The number of rotatable bonds is 5. The molecule has 1 atom stereocenters. The van der Waals surface area contributed by atoms with E-state index >= 15 is 0 Å². The van der Waals surface area contributed by atoms with Crippen molar-refractivity contribution in [3.63, 3.8) is 0 Å². The van der Waals surface area contributed by atoms with Gasteiger partial charge in [-0.05, 0) is 58.3 Å². The lowest BCUT2D eigenvalue weighted by Gasteiger charge is -2.45. The number of amides is 1. The molecule has 0 saturated heterocycles. The zero-order valence-electron chi connectivity index (χ0n) is 12.6. The van der Waals surface area contributed by atoms with Crippen molar-refractivity contribution in [2.45, 2.75) is 70.4 Å². The number of ether oxygens (including phenoxy) is 1. The average Bonchev–Trinajstić information content (AvgIpc) is 2.90. The van der Waals surface area contributed by atoms with Crippen LogP contribution in [0.2, 0.25) is 0 Å². The number of aliphatic carboxylic acids is 1. The third-order valence-corrected chi connectivity index (χ3v) is 4.32. The Labute approximate surface area is 120 Å². The van der Waals surface area contributed by atoms with Gasteiger partial charge in [0.2, 0.25) is 0 Å². The Bertz CT molecular complexity index is 393. The summed E-state index contributed by atoms with van der Waals surface area (Å²) in [5, 5.41) is 12.2. The first-order chi connectivity index (χ1) is 9.23. The fourth-order valence-corrected chi connectivity index (χ4v) is 3.14. The van der Waals surface area contributed by atoms with Crippen LogP contribution in [0.5, 0.6) is 0 Å². The Hall–Kier alpha value is -1.26. The fourth-order valence-electron chi connectivity index (χ4n) is 3.14. The van der Waals surface area contributed by atoms with E-state index in [4.69, 9.17) is 4.74 Å². The molecule has 20 heavy (non-hydrogen) atoms. The van der Waals surface area contributed by atoms with Gasteiger partial charge in [-0.1, -0.05) is 6.42 Å². The lowest BCUT2D eigenvalue weighted by molar-refractivity contribution is -0.140. The third kappa shape index (κ3) is 3.44. The molecule has 0 heterocycles. The quantitative estimate of drug-likeness (QED) is 0.813. The Morgan fingerprint density at radius 1 is 1.15 bits per heavy atom. The summed E-state index contributed by atoms with van der Waals surface area (Å²) in [6.45, 7) is 5.43. The zero-order valence-corrected chi connectivity index (χ0v) is 12.6. The monoisotopic (exact) mass is 283 g/mol.